The van der Waals surface area contributed by atoms with Gasteiger partial charge in [0.15, 0.2) is 0 Å². The second-order valence-electron chi connectivity index (χ2n) is 5.01. The zero-order valence-corrected chi connectivity index (χ0v) is 11.3. The minimum absolute atomic E-state index is 0.304. The highest BCUT2D eigenvalue weighted by Crippen LogP contribution is 2.25. The van der Waals surface area contributed by atoms with Crippen molar-refractivity contribution >= 4 is 11.6 Å². The lowest BCUT2D eigenvalue weighted by Gasteiger charge is -2.06. The molecule has 0 unspecified atom stereocenters. The molecule has 0 saturated heterocycles. The van der Waals surface area contributed by atoms with Gasteiger partial charge in [-0.05, 0) is 47.7 Å². The van der Waals surface area contributed by atoms with Crippen LogP contribution in [0, 0.1) is 5.82 Å². The van der Waals surface area contributed by atoms with E-state index >= 15 is 0 Å². The van der Waals surface area contributed by atoms with Gasteiger partial charge in [-0.15, -0.1) is 0 Å². The molecule has 1 nitrogen and oxygen atoms in total. The molecule has 0 spiro atoms. The first kappa shape index (κ1) is 12.6. The van der Waals surface area contributed by atoms with Crippen LogP contribution < -0.4 is 5.32 Å². The molecule has 0 atom stereocenters. The van der Waals surface area contributed by atoms with Crippen LogP contribution in [0.15, 0.2) is 42.5 Å². The van der Waals surface area contributed by atoms with Gasteiger partial charge >= 0.3 is 0 Å². The third kappa shape index (κ3) is 3.34. The van der Waals surface area contributed by atoms with Crippen molar-refractivity contribution in [2.75, 3.05) is 0 Å². The van der Waals surface area contributed by atoms with E-state index in [0.717, 1.165) is 17.7 Å². The highest BCUT2D eigenvalue weighted by atomic mass is 35.5. The monoisotopic (exact) mass is 275 g/mol. The highest BCUT2D eigenvalue weighted by molar-refractivity contribution is 6.30. The van der Waals surface area contributed by atoms with E-state index in [0.29, 0.717) is 11.1 Å². The van der Waals surface area contributed by atoms with Gasteiger partial charge in [-0.1, -0.05) is 35.9 Å². The molecular weight excluding hydrogens is 261 g/mol. The van der Waals surface area contributed by atoms with E-state index in [1.165, 1.54) is 30.5 Å². The van der Waals surface area contributed by atoms with Crippen LogP contribution in [-0.4, -0.2) is 6.04 Å². The van der Waals surface area contributed by atoms with Gasteiger partial charge in [0.05, 0.1) is 0 Å². The van der Waals surface area contributed by atoms with Crippen LogP contribution in [0.1, 0.15) is 18.4 Å². The molecule has 1 fully saturated rings. The average Bonchev–Trinajstić information content (AvgIpc) is 3.20. The van der Waals surface area contributed by atoms with Gasteiger partial charge < -0.3 is 5.32 Å². The van der Waals surface area contributed by atoms with Crippen LogP contribution in [0.3, 0.4) is 0 Å². The fourth-order valence-corrected chi connectivity index (χ4v) is 2.31. The third-order valence-electron chi connectivity index (χ3n) is 3.32. The Hall–Kier alpha value is -1.38. The van der Waals surface area contributed by atoms with Crippen LogP contribution in [0.5, 0.6) is 0 Å². The van der Waals surface area contributed by atoms with Crippen molar-refractivity contribution in [2.24, 2.45) is 0 Å². The second-order valence-corrected chi connectivity index (χ2v) is 5.45. The van der Waals surface area contributed by atoms with Gasteiger partial charge in [-0.25, -0.2) is 4.39 Å². The zero-order valence-electron chi connectivity index (χ0n) is 10.5. The van der Waals surface area contributed by atoms with Crippen molar-refractivity contribution < 1.29 is 4.39 Å². The van der Waals surface area contributed by atoms with Gasteiger partial charge in [0.2, 0.25) is 0 Å². The second kappa shape index (κ2) is 5.32. The number of hydrogen-bond acceptors (Lipinski definition) is 1. The quantitative estimate of drug-likeness (QED) is 0.872. The summed E-state index contributed by atoms with van der Waals surface area (Å²) in [6, 6.07) is 13.5. The molecule has 19 heavy (non-hydrogen) atoms. The molecular formula is C16H15ClFN. The summed E-state index contributed by atoms with van der Waals surface area (Å²) in [7, 11) is 0. The molecule has 0 aromatic heterocycles. The third-order valence-corrected chi connectivity index (χ3v) is 3.54. The van der Waals surface area contributed by atoms with Crippen molar-refractivity contribution in [3.05, 3.63) is 58.9 Å². The number of nitrogens with one attached hydrogen (secondary N) is 1. The lowest BCUT2D eigenvalue weighted by molar-refractivity contribution is 0.628. The molecule has 3 rings (SSSR count). The standard InChI is InChI=1S/C16H15ClFN/c17-14-7-13(8-15(18)9-14)12-3-1-11(2-4-12)10-19-16-5-6-16/h1-4,7-9,16,19H,5-6,10H2. The Balaban J connectivity index is 1.76. The lowest BCUT2D eigenvalue weighted by atomic mass is 10.0. The first-order valence-corrected chi connectivity index (χ1v) is 6.87. The maximum Gasteiger partial charge on any atom is 0.125 e. The number of benzene rings is 2. The van der Waals surface area contributed by atoms with E-state index < -0.39 is 0 Å². The molecule has 1 saturated carbocycles. The number of hydrogen-bond donors (Lipinski definition) is 1. The molecule has 0 aliphatic heterocycles. The molecule has 2 aromatic rings. The average molecular weight is 276 g/mol. The summed E-state index contributed by atoms with van der Waals surface area (Å²) in [6.45, 7) is 0.898. The Morgan fingerprint density at radius 1 is 1.05 bits per heavy atom. The Morgan fingerprint density at radius 2 is 1.79 bits per heavy atom. The molecule has 1 aliphatic rings. The van der Waals surface area contributed by atoms with Crippen LogP contribution in [-0.2, 0) is 6.54 Å². The topological polar surface area (TPSA) is 12.0 Å². The smallest absolute Gasteiger partial charge is 0.125 e. The SMILES string of the molecule is Fc1cc(Cl)cc(-c2ccc(CNC3CC3)cc2)c1. The van der Waals surface area contributed by atoms with Crippen LogP contribution >= 0.6 is 11.6 Å². The summed E-state index contributed by atoms with van der Waals surface area (Å²) >= 11 is 5.87. The molecule has 2 aromatic carbocycles. The molecule has 1 aliphatic carbocycles. The predicted octanol–water partition coefficient (Wildman–Crippen LogP) is 4.40. The van der Waals surface area contributed by atoms with Gasteiger partial charge in [-0.3, -0.25) is 0 Å². The molecule has 3 heteroatoms. The first-order chi connectivity index (χ1) is 9.20. The van der Waals surface area contributed by atoms with Crippen molar-refractivity contribution in [2.45, 2.75) is 25.4 Å². The summed E-state index contributed by atoms with van der Waals surface area (Å²) in [6.07, 6.45) is 2.58. The normalized spacial score (nSPS) is 14.6. The fraction of sp³-hybridized carbons (Fsp3) is 0.250. The molecule has 98 valence electrons. The van der Waals surface area contributed by atoms with E-state index in [9.17, 15) is 4.39 Å². The van der Waals surface area contributed by atoms with Gasteiger partial charge in [-0.2, -0.15) is 0 Å². The van der Waals surface area contributed by atoms with Crippen molar-refractivity contribution in [3.63, 3.8) is 0 Å². The van der Waals surface area contributed by atoms with Crippen molar-refractivity contribution in [1.29, 1.82) is 0 Å². The van der Waals surface area contributed by atoms with Gasteiger partial charge in [0.25, 0.3) is 0 Å². The fourth-order valence-electron chi connectivity index (χ4n) is 2.09. The predicted molar refractivity (Wildman–Crippen MR) is 76.7 cm³/mol. The summed E-state index contributed by atoms with van der Waals surface area (Å²) in [4.78, 5) is 0. The minimum Gasteiger partial charge on any atom is -0.310 e. The lowest BCUT2D eigenvalue weighted by Crippen LogP contribution is -2.14. The van der Waals surface area contributed by atoms with Crippen LogP contribution in [0.2, 0.25) is 5.02 Å². The minimum atomic E-state index is -0.304. The summed E-state index contributed by atoms with van der Waals surface area (Å²) in [5.41, 5.74) is 3.04. The van der Waals surface area contributed by atoms with Crippen molar-refractivity contribution in [3.8, 4) is 11.1 Å². The zero-order chi connectivity index (χ0) is 13.2. The van der Waals surface area contributed by atoms with Crippen LogP contribution in [0.4, 0.5) is 4.39 Å². The van der Waals surface area contributed by atoms with Crippen molar-refractivity contribution in [1.82, 2.24) is 5.32 Å². The summed E-state index contributed by atoms with van der Waals surface area (Å²) in [5.74, 6) is -0.304. The molecule has 0 bridgehead atoms. The Kier molecular flexibility index (Phi) is 3.54. The van der Waals surface area contributed by atoms with E-state index in [1.807, 2.05) is 12.1 Å². The molecule has 0 radical (unpaired) electrons. The Morgan fingerprint density at radius 3 is 2.42 bits per heavy atom. The summed E-state index contributed by atoms with van der Waals surface area (Å²) in [5, 5.41) is 3.89. The van der Waals surface area contributed by atoms with Gasteiger partial charge in [0.1, 0.15) is 5.82 Å². The highest BCUT2D eigenvalue weighted by Gasteiger charge is 2.19. The first-order valence-electron chi connectivity index (χ1n) is 6.49. The number of rotatable bonds is 4. The molecule has 1 N–H and O–H groups in total. The van der Waals surface area contributed by atoms with E-state index in [1.54, 1.807) is 6.07 Å². The van der Waals surface area contributed by atoms with Crippen LogP contribution in [0.25, 0.3) is 11.1 Å². The largest absolute Gasteiger partial charge is 0.310 e. The molecule has 0 amide bonds. The maximum absolute atomic E-state index is 13.3. The van der Waals surface area contributed by atoms with E-state index in [-0.39, 0.29) is 5.82 Å². The Bertz CT molecular complexity index is 556. The molecule has 0 heterocycles. The van der Waals surface area contributed by atoms with Gasteiger partial charge in [0, 0.05) is 17.6 Å². The number of halogens is 2. The van der Waals surface area contributed by atoms with E-state index in [2.05, 4.69) is 17.4 Å². The summed E-state index contributed by atoms with van der Waals surface area (Å²) < 4.78 is 13.3. The van der Waals surface area contributed by atoms with E-state index in [4.69, 9.17) is 11.6 Å². The Labute approximate surface area is 117 Å². The maximum atomic E-state index is 13.3.